The molecule has 4 heterocycles. The van der Waals surface area contributed by atoms with Gasteiger partial charge in [-0.15, -0.1) is 0 Å². The van der Waals surface area contributed by atoms with Crippen molar-refractivity contribution in [2.45, 2.75) is 45.2 Å². The molecule has 0 atom stereocenters. The summed E-state index contributed by atoms with van der Waals surface area (Å²) in [5.41, 5.74) is 3.63. The first-order valence-electron chi connectivity index (χ1n) is 8.96. The molecule has 0 saturated heterocycles. The van der Waals surface area contributed by atoms with Crippen molar-refractivity contribution in [3.05, 3.63) is 47.1 Å². The number of oxazole rings is 1. The zero-order chi connectivity index (χ0) is 17.0. The van der Waals surface area contributed by atoms with Gasteiger partial charge in [-0.25, -0.2) is 9.97 Å². The molecule has 0 spiro atoms. The lowest BCUT2D eigenvalue weighted by molar-refractivity contribution is 0.236. The molecule has 25 heavy (non-hydrogen) atoms. The maximum atomic E-state index is 5.78. The van der Waals surface area contributed by atoms with Gasteiger partial charge < -0.3 is 13.4 Å². The first kappa shape index (κ1) is 15.0. The summed E-state index contributed by atoms with van der Waals surface area (Å²) in [4.78, 5) is 12.0. The van der Waals surface area contributed by atoms with Gasteiger partial charge in [0.25, 0.3) is 5.89 Å². The molecule has 1 saturated carbocycles. The molecular weight excluding hydrogens is 316 g/mol. The van der Waals surface area contributed by atoms with Crippen molar-refractivity contribution in [2.75, 3.05) is 6.54 Å². The molecule has 0 unspecified atom stereocenters. The van der Waals surface area contributed by atoms with E-state index in [1.165, 1.54) is 30.1 Å². The van der Waals surface area contributed by atoms with Crippen LogP contribution in [0.3, 0.4) is 0 Å². The Bertz CT molecular complexity index is 902. The lowest BCUT2D eigenvalue weighted by Crippen LogP contribution is -2.31. The normalized spacial score (nSPS) is 17.8. The standard InChI is InChI=1S/C19H22N4O2/c1-12-14(21-19(25-12)17-4-3-9-24-17)10-23-8-7-16-15(11-23)20-18(22(16)2)13-5-6-13/h3-4,9,13H,5-8,10-11H2,1-2H3. The van der Waals surface area contributed by atoms with Gasteiger partial charge in [0.1, 0.15) is 11.6 Å². The van der Waals surface area contributed by atoms with Crippen LogP contribution in [0.5, 0.6) is 0 Å². The number of hydrogen-bond donors (Lipinski definition) is 0. The minimum absolute atomic E-state index is 0.559. The fourth-order valence-corrected chi connectivity index (χ4v) is 3.74. The molecule has 1 fully saturated rings. The largest absolute Gasteiger partial charge is 0.459 e. The number of aryl methyl sites for hydroxylation is 1. The molecule has 0 bridgehead atoms. The van der Waals surface area contributed by atoms with E-state index >= 15 is 0 Å². The molecule has 1 aliphatic carbocycles. The molecule has 3 aromatic rings. The van der Waals surface area contributed by atoms with Crippen molar-refractivity contribution >= 4 is 0 Å². The number of furan rings is 1. The fourth-order valence-electron chi connectivity index (χ4n) is 3.74. The van der Waals surface area contributed by atoms with Crippen molar-refractivity contribution < 1.29 is 8.83 Å². The van der Waals surface area contributed by atoms with Gasteiger partial charge in [-0.2, -0.15) is 0 Å². The highest BCUT2D eigenvalue weighted by molar-refractivity contribution is 5.44. The molecule has 0 radical (unpaired) electrons. The van der Waals surface area contributed by atoms with Crippen LogP contribution in [0.4, 0.5) is 0 Å². The Balaban J connectivity index is 1.35. The van der Waals surface area contributed by atoms with Crippen LogP contribution >= 0.6 is 0 Å². The van der Waals surface area contributed by atoms with Crippen molar-refractivity contribution in [3.8, 4) is 11.7 Å². The van der Waals surface area contributed by atoms with Crippen molar-refractivity contribution in [1.29, 1.82) is 0 Å². The summed E-state index contributed by atoms with van der Waals surface area (Å²) < 4.78 is 13.5. The third kappa shape index (κ3) is 2.61. The summed E-state index contributed by atoms with van der Waals surface area (Å²) in [6.45, 7) is 4.66. The Hall–Kier alpha value is -2.34. The average Bonchev–Trinajstić information content (AvgIpc) is 3.02. The highest BCUT2D eigenvalue weighted by Gasteiger charge is 2.32. The van der Waals surface area contributed by atoms with Gasteiger partial charge in [0.2, 0.25) is 0 Å². The van der Waals surface area contributed by atoms with Crippen LogP contribution in [0.15, 0.2) is 27.2 Å². The number of rotatable bonds is 4. The van der Waals surface area contributed by atoms with Gasteiger partial charge in [-0.1, -0.05) is 0 Å². The van der Waals surface area contributed by atoms with Gasteiger partial charge in [-0.3, -0.25) is 4.90 Å². The Kier molecular flexibility index (Phi) is 3.35. The molecular formula is C19H22N4O2. The zero-order valence-electron chi connectivity index (χ0n) is 14.7. The van der Waals surface area contributed by atoms with E-state index in [9.17, 15) is 0 Å². The summed E-state index contributed by atoms with van der Waals surface area (Å²) >= 11 is 0. The van der Waals surface area contributed by atoms with Crippen LogP contribution < -0.4 is 0 Å². The molecule has 0 amide bonds. The number of aromatic nitrogens is 3. The lowest BCUT2D eigenvalue weighted by Gasteiger charge is -2.25. The maximum Gasteiger partial charge on any atom is 0.263 e. The third-order valence-electron chi connectivity index (χ3n) is 5.31. The van der Waals surface area contributed by atoms with Crippen molar-refractivity contribution in [1.82, 2.24) is 19.4 Å². The predicted octanol–water partition coefficient (Wildman–Crippen LogP) is 3.41. The monoisotopic (exact) mass is 338 g/mol. The smallest absolute Gasteiger partial charge is 0.263 e. The van der Waals surface area contributed by atoms with E-state index in [0.717, 1.165) is 37.5 Å². The quantitative estimate of drug-likeness (QED) is 0.729. The van der Waals surface area contributed by atoms with E-state index in [-0.39, 0.29) is 0 Å². The molecule has 130 valence electrons. The van der Waals surface area contributed by atoms with Crippen molar-refractivity contribution in [2.24, 2.45) is 7.05 Å². The minimum Gasteiger partial charge on any atom is -0.459 e. The summed E-state index contributed by atoms with van der Waals surface area (Å²) in [5.74, 6) is 4.07. The first-order chi connectivity index (χ1) is 12.2. The van der Waals surface area contributed by atoms with Crippen LogP contribution in [0, 0.1) is 6.92 Å². The van der Waals surface area contributed by atoms with Gasteiger partial charge in [0.15, 0.2) is 5.76 Å². The second-order valence-electron chi connectivity index (χ2n) is 7.16. The number of hydrogen-bond acceptors (Lipinski definition) is 5. The second-order valence-corrected chi connectivity index (χ2v) is 7.16. The van der Waals surface area contributed by atoms with E-state index < -0.39 is 0 Å². The molecule has 0 N–H and O–H groups in total. The van der Waals surface area contributed by atoms with Crippen LogP contribution in [0.25, 0.3) is 11.7 Å². The number of fused-ring (bicyclic) bond motifs is 1. The summed E-state index contributed by atoms with van der Waals surface area (Å²) in [6.07, 6.45) is 5.27. The fraction of sp³-hybridized carbons (Fsp3) is 0.474. The van der Waals surface area contributed by atoms with Crippen LogP contribution in [0.1, 0.15) is 47.4 Å². The van der Waals surface area contributed by atoms with Gasteiger partial charge >= 0.3 is 0 Å². The minimum atomic E-state index is 0.559. The SMILES string of the molecule is Cc1oc(-c2ccco2)nc1CN1CCc2c(nc(C3CC3)n2C)C1. The molecule has 2 aliphatic rings. The van der Waals surface area contributed by atoms with Crippen molar-refractivity contribution in [3.63, 3.8) is 0 Å². The highest BCUT2D eigenvalue weighted by atomic mass is 16.4. The maximum absolute atomic E-state index is 5.78. The Morgan fingerprint density at radius 3 is 2.92 bits per heavy atom. The van der Waals surface area contributed by atoms with Crippen LogP contribution in [-0.4, -0.2) is 26.0 Å². The Morgan fingerprint density at radius 1 is 1.28 bits per heavy atom. The summed E-state index contributed by atoms with van der Waals surface area (Å²) in [6, 6.07) is 3.72. The molecule has 1 aliphatic heterocycles. The topological polar surface area (TPSA) is 60.2 Å². The summed E-state index contributed by atoms with van der Waals surface area (Å²) in [5, 5.41) is 0. The summed E-state index contributed by atoms with van der Waals surface area (Å²) in [7, 11) is 2.17. The molecule has 3 aromatic heterocycles. The predicted molar refractivity (Wildman–Crippen MR) is 91.9 cm³/mol. The average molecular weight is 338 g/mol. The Labute approximate surface area is 146 Å². The van der Waals surface area contributed by atoms with Crippen LogP contribution in [-0.2, 0) is 26.6 Å². The molecule has 6 heteroatoms. The van der Waals surface area contributed by atoms with Gasteiger partial charge in [-0.05, 0) is 31.9 Å². The van der Waals surface area contributed by atoms with Crippen LogP contribution in [0.2, 0.25) is 0 Å². The molecule has 0 aromatic carbocycles. The second kappa shape index (κ2) is 5.59. The number of imidazole rings is 1. The third-order valence-corrected chi connectivity index (χ3v) is 5.31. The Morgan fingerprint density at radius 2 is 2.16 bits per heavy atom. The van der Waals surface area contributed by atoms with E-state index in [0.29, 0.717) is 17.6 Å². The van der Waals surface area contributed by atoms with Gasteiger partial charge in [0, 0.05) is 44.7 Å². The molecule has 5 rings (SSSR count). The lowest BCUT2D eigenvalue weighted by atomic mass is 10.1. The first-order valence-corrected chi connectivity index (χ1v) is 8.96. The highest BCUT2D eigenvalue weighted by Crippen LogP contribution is 2.40. The van der Waals surface area contributed by atoms with E-state index in [4.69, 9.17) is 13.8 Å². The van der Waals surface area contributed by atoms with E-state index in [2.05, 4.69) is 21.5 Å². The van der Waals surface area contributed by atoms with Gasteiger partial charge in [0.05, 0.1) is 17.7 Å². The van der Waals surface area contributed by atoms with E-state index in [1.54, 1.807) is 6.26 Å². The van der Waals surface area contributed by atoms with E-state index in [1.807, 2.05) is 19.1 Å². The zero-order valence-corrected chi connectivity index (χ0v) is 14.7. The number of nitrogens with zero attached hydrogens (tertiary/aromatic N) is 4. The molecule has 6 nitrogen and oxygen atoms in total.